The molecule has 9 rings (SSSR count). The number of nitrogens with zero attached hydrogens (tertiary/aromatic N) is 4. The zero-order valence-corrected chi connectivity index (χ0v) is 32.4. The SMILES string of the molecule is COc1c2n(cc(C(=O)NCc3ccc(F)c(Cl)c3F)c1=O)C1CCCC13OC(COC(=O)c1cn4c(c(OC)c1=O)C(=O)N1C[C@H](C)OC15CCCC45)CN3C2=O. The van der Waals surface area contributed by atoms with E-state index in [9.17, 15) is 37.5 Å². The molecule has 19 heteroatoms. The highest BCUT2D eigenvalue weighted by Crippen LogP contribution is 2.54. The summed E-state index contributed by atoms with van der Waals surface area (Å²) in [5.41, 5.74) is -4.72. The summed E-state index contributed by atoms with van der Waals surface area (Å²) in [7, 11) is 2.46. The van der Waals surface area contributed by atoms with Crippen LogP contribution in [0.25, 0.3) is 0 Å². The summed E-state index contributed by atoms with van der Waals surface area (Å²) in [4.78, 5) is 85.7. The normalized spacial score (nSPS) is 27.7. The zero-order chi connectivity index (χ0) is 41.0. The Labute approximate surface area is 333 Å². The number of esters is 1. The second-order valence-corrected chi connectivity index (χ2v) is 15.8. The lowest BCUT2D eigenvalue weighted by atomic mass is 9.99. The number of pyridine rings is 2. The lowest BCUT2D eigenvalue weighted by Gasteiger charge is -2.44. The highest BCUT2D eigenvalue weighted by Gasteiger charge is 2.62. The van der Waals surface area contributed by atoms with Gasteiger partial charge in [0.15, 0.2) is 34.3 Å². The Bertz CT molecular complexity index is 2460. The average Bonchev–Trinajstić information content (AvgIpc) is 4.00. The molecule has 306 valence electrons. The number of ether oxygens (including phenoxy) is 5. The summed E-state index contributed by atoms with van der Waals surface area (Å²) >= 11 is 5.68. The molecule has 3 aromatic rings. The van der Waals surface area contributed by atoms with Crippen LogP contribution < -0.4 is 25.6 Å². The van der Waals surface area contributed by atoms with Crippen molar-refractivity contribution in [1.82, 2.24) is 24.3 Å². The lowest BCUT2D eigenvalue weighted by Crippen LogP contribution is -2.56. The van der Waals surface area contributed by atoms with Crippen molar-refractivity contribution in [2.45, 2.75) is 87.7 Å². The number of benzene rings is 1. The first kappa shape index (κ1) is 38.2. The van der Waals surface area contributed by atoms with E-state index >= 15 is 0 Å². The smallest absolute Gasteiger partial charge is 0.343 e. The minimum absolute atomic E-state index is 0.0368. The standard InChI is InChI=1S/C39H38ClF2N5O11/c1-18-13-46-35(51)29-33(55-3)31(49)22(16-45(29)24-6-4-10-38(24,46)57-18)37(53)56-17-20-14-47-36(52)28-32(54-2)30(48)21(15-44(28)25-7-5-11-39(25,47)58-20)34(50)43-12-19-8-9-23(41)26(40)27(19)42/h8-9,15-16,18,20,24-25H,4-7,10-14,17H2,1-3H3,(H,43,50)/t18-,20?,24?,25?,38?,39?/m0/s1. The summed E-state index contributed by atoms with van der Waals surface area (Å²) < 4.78 is 60.9. The number of halogens is 3. The van der Waals surface area contributed by atoms with E-state index in [1.807, 2.05) is 6.92 Å². The molecule has 0 radical (unpaired) electrons. The van der Waals surface area contributed by atoms with Gasteiger partial charge in [-0.1, -0.05) is 17.7 Å². The number of carbonyl (C=O) groups is 4. The Morgan fingerprint density at radius 2 is 1.43 bits per heavy atom. The summed E-state index contributed by atoms with van der Waals surface area (Å²) in [5, 5.41) is 1.72. The van der Waals surface area contributed by atoms with Crippen molar-refractivity contribution in [3.63, 3.8) is 0 Å². The van der Waals surface area contributed by atoms with E-state index in [4.69, 9.17) is 35.3 Å². The summed E-state index contributed by atoms with van der Waals surface area (Å²) in [5.74, 6) is -5.58. The van der Waals surface area contributed by atoms with E-state index in [-0.39, 0.29) is 64.9 Å². The Kier molecular flexibility index (Phi) is 8.97. The molecule has 6 heterocycles. The number of hydrogen-bond donors (Lipinski definition) is 1. The van der Waals surface area contributed by atoms with Gasteiger partial charge in [-0.15, -0.1) is 0 Å². The van der Waals surface area contributed by atoms with Crippen LogP contribution in [0.4, 0.5) is 8.78 Å². The average molecular weight is 826 g/mol. The predicted molar refractivity (Wildman–Crippen MR) is 196 cm³/mol. The van der Waals surface area contributed by atoms with Crippen molar-refractivity contribution < 1.29 is 51.6 Å². The molecule has 2 aromatic heterocycles. The van der Waals surface area contributed by atoms with Crippen molar-refractivity contribution in [2.75, 3.05) is 33.9 Å². The number of hydrogen-bond acceptors (Lipinski definition) is 11. The second-order valence-electron chi connectivity index (χ2n) is 15.4. The fourth-order valence-electron chi connectivity index (χ4n) is 9.99. The van der Waals surface area contributed by atoms with Crippen LogP contribution in [0, 0.1) is 11.6 Å². The van der Waals surface area contributed by atoms with Gasteiger partial charge in [0, 0.05) is 31.0 Å². The van der Waals surface area contributed by atoms with Crippen molar-refractivity contribution in [3.05, 3.63) is 89.7 Å². The van der Waals surface area contributed by atoms with Gasteiger partial charge in [0.25, 0.3) is 17.7 Å². The van der Waals surface area contributed by atoms with Gasteiger partial charge in [-0.25, -0.2) is 13.6 Å². The fraction of sp³-hybridized carbons (Fsp3) is 0.487. The van der Waals surface area contributed by atoms with Gasteiger partial charge in [-0.2, -0.15) is 0 Å². The molecule has 6 aliphatic rings. The van der Waals surface area contributed by atoms with Crippen molar-refractivity contribution >= 4 is 35.3 Å². The molecular formula is C39H38ClF2N5O11. The first-order valence-corrected chi connectivity index (χ1v) is 19.4. The zero-order valence-electron chi connectivity index (χ0n) is 31.6. The number of methoxy groups -OCH3 is 2. The minimum atomic E-state index is -1.24. The molecule has 4 fully saturated rings. The summed E-state index contributed by atoms with van der Waals surface area (Å²) in [6, 6.07) is 1.11. The molecule has 58 heavy (non-hydrogen) atoms. The van der Waals surface area contributed by atoms with E-state index in [2.05, 4.69) is 5.32 Å². The van der Waals surface area contributed by atoms with Gasteiger partial charge in [0.05, 0.1) is 39.0 Å². The third-order valence-corrected chi connectivity index (χ3v) is 12.7. The maximum Gasteiger partial charge on any atom is 0.343 e. The van der Waals surface area contributed by atoms with Gasteiger partial charge >= 0.3 is 5.97 Å². The number of rotatable bonds is 8. The molecule has 1 aromatic carbocycles. The van der Waals surface area contributed by atoms with E-state index in [0.717, 1.165) is 18.6 Å². The predicted octanol–water partition coefficient (Wildman–Crippen LogP) is 3.32. The number of amides is 3. The van der Waals surface area contributed by atoms with E-state index < -0.39 is 81.3 Å². The molecule has 2 spiro atoms. The third kappa shape index (κ3) is 5.29. The van der Waals surface area contributed by atoms with Crippen LogP contribution in [0.15, 0.2) is 34.1 Å². The quantitative estimate of drug-likeness (QED) is 0.261. The molecule has 16 nitrogen and oxygen atoms in total. The van der Waals surface area contributed by atoms with Crippen molar-refractivity contribution in [3.8, 4) is 11.5 Å². The van der Waals surface area contributed by atoms with Crippen molar-refractivity contribution in [2.24, 2.45) is 0 Å². The number of fused-ring (bicyclic) bond motifs is 4. The molecular weight excluding hydrogens is 788 g/mol. The van der Waals surface area contributed by atoms with Gasteiger partial charge in [-0.05, 0) is 51.5 Å². The van der Waals surface area contributed by atoms with E-state index in [0.29, 0.717) is 38.6 Å². The van der Waals surface area contributed by atoms with Gasteiger partial charge in [-0.3, -0.25) is 24.0 Å². The molecule has 1 N–H and O–H groups in total. The highest BCUT2D eigenvalue weighted by molar-refractivity contribution is 6.31. The maximum absolute atomic E-state index is 14.6. The van der Waals surface area contributed by atoms with Crippen LogP contribution in [-0.4, -0.2) is 100 Å². The van der Waals surface area contributed by atoms with Crippen LogP contribution in [0.5, 0.6) is 11.5 Å². The Morgan fingerprint density at radius 1 is 0.862 bits per heavy atom. The Balaban J connectivity index is 0.970. The Hall–Kier alpha value is -5.33. The molecule has 2 aliphatic carbocycles. The number of carbonyl (C=O) groups excluding carboxylic acids is 4. The molecule has 4 aliphatic heterocycles. The van der Waals surface area contributed by atoms with E-state index in [1.165, 1.54) is 36.1 Å². The third-order valence-electron chi connectivity index (χ3n) is 12.4. The van der Waals surface area contributed by atoms with Crippen molar-refractivity contribution in [1.29, 1.82) is 0 Å². The number of aromatic nitrogens is 2. The van der Waals surface area contributed by atoms with Crippen LogP contribution >= 0.6 is 11.6 Å². The summed E-state index contributed by atoms with van der Waals surface area (Å²) in [6.07, 6.45) is 4.97. The van der Waals surface area contributed by atoms with Crippen LogP contribution in [0.2, 0.25) is 5.02 Å². The highest BCUT2D eigenvalue weighted by atomic mass is 35.5. The molecule has 6 atom stereocenters. The van der Waals surface area contributed by atoms with Gasteiger partial charge in [0.2, 0.25) is 10.9 Å². The van der Waals surface area contributed by atoms with Crippen LogP contribution in [-0.2, 0) is 20.8 Å². The molecule has 3 amide bonds. The molecule has 2 saturated heterocycles. The monoisotopic (exact) mass is 825 g/mol. The first-order chi connectivity index (χ1) is 27.8. The molecule has 2 saturated carbocycles. The molecule has 0 bridgehead atoms. The summed E-state index contributed by atoms with van der Waals surface area (Å²) in [6.45, 7) is 1.43. The fourth-order valence-corrected chi connectivity index (χ4v) is 10.2. The maximum atomic E-state index is 14.6. The largest absolute Gasteiger partial charge is 0.491 e. The van der Waals surface area contributed by atoms with E-state index in [1.54, 1.807) is 9.47 Å². The lowest BCUT2D eigenvalue weighted by molar-refractivity contribution is -0.127. The molecule has 5 unspecified atom stereocenters. The first-order valence-electron chi connectivity index (χ1n) is 19.0. The number of nitrogens with one attached hydrogen (secondary N) is 1. The minimum Gasteiger partial charge on any atom is -0.491 e. The Morgan fingerprint density at radius 3 is 2.05 bits per heavy atom. The van der Waals surface area contributed by atoms with Gasteiger partial charge < -0.3 is 47.9 Å². The van der Waals surface area contributed by atoms with Gasteiger partial charge in [0.1, 0.15) is 40.5 Å². The van der Waals surface area contributed by atoms with Crippen LogP contribution in [0.1, 0.15) is 105 Å². The topological polar surface area (TPSA) is 177 Å². The second kappa shape index (κ2) is 13.6. The van der Waals surface area contributed by atoms with Crippen LogP contribution in [0.3, 0.4) is 0 Å².